The number of hydrogen-bond acceptors (Lipinski definition) is 3. The lowest BCUT2D eigenvalue weighted by atomic mass is 10.0. The molecule has 0 spiro atoms. The van der Waals surface area contributed by atoms with Crippen molar-refractivity contribution in [3.8, 4) is 5.75 Å². The third kappa shape index (κ3) is 2.29. The number of phenols is 1. The Morgan fingerprint density at radius 2 is 2.31 bits per heavy atom. The third-order valence-electron chi connectivity index (χ3n) is 1.93. The summed E-state index contributed by atoms with van der Waals surface area (Å²) in [6.07, 6.45) is 0.990. The van der Waals surface area contributed by atoms with Crippen LogP contribution in [0.1, 0.15) is 23.6 Å². The molecule has 1 atom stereocenters. The van der Waals surface area contributed by atoms with Gasteiger partial charge in [-0.05, 0) is 13.0 Å². The lowest BCUT2D eigenvalue weighted by Gasteiger charge is -2.11. The molecule has 0 bridgehead atoms. The van der Waals surface area contributed by atoms with Gasteiger partial charge in [-0.1, -0.05) is 17.7 Å². The summed E-state index contributed by atoms with van der Waals surface area (Å²) in [6.45, 7) is 1.91. The highest BCUT2D eigenvalue weighted by molar-refractivity contribution is 5.52. The van der Waals surface area contributed by atoms with Gasteiger partial charge < -0.3 is 15.6 Å². The largest absolute Gasteiger partial charge is 0.508 e. The summed E-state index contributed by atoms with van der Waals surface area (Å²) >= 11 is 0. The minimum atomic E-state index is -0.405. The molecule has 0 aromatic heterocycles. The zero-order chi connectivity index (χ0) is 9.84. The first kappa shape index (κ1) is 9.74. The van der Waals surface area contributed by atoms with Crippen LogP contribution < -0.4 is 5.73 Å². The number of phenolic OH excluding ortho intramolecular Hbond substituents is 1. The first-order chi connectivity index (χ1) is 6.15. The minimum absolute atomic E-state index is 0.153. The van der Waals surface area contributed by atoms with E-state index in [9.17, 15) is 9.90 Å². The molecule has 0 saturated carbocycles. The van der Waals surface area contributed by atoms with E-state index in [-0.39, 0.29) is 12.2 Å². The van der Waals surface area contributed by atoms with Crippen LogP contribution in [-0.2, 0) is 4.79 Å². The summed E-state index contributed by atoms with van der Waals surface area (Å²) < 4.78 is 0. The Bertz CT molecular complexity index is 310. The molecule has 1 aromatic rings. The van der Waals surface area contributed by atoms with E-state index in [1.807, 2.05) is 6.92 Å². The Balaban J connectivity index is 2.97. The first-order valence-electron chi connectivity index (χ1n) is 4.14. The van der Waals surface area contributed by atoms with Crippen molar-refractivity contribution in [1.29, 1.82) is 0 Å². The van der Waals surface area contributed by atoms with Gasteiger partial charge in [-0.2, -0.15) is 0 Å². The second-order valence-corrected chi connectivity index (χ2v) is 3.07. The normalized spacial score (nSPS) is 12.5. The van der Waals surface area contributed by atoms with Crippen LogP contribution in [0.4, 0.5) is 0 Å². The van der Waals surface area contributed by atoms with Crippen molar-refractivity contribution < 1.29 is 9.90 Å². The summed E-state index contributed by atoms with van der Waals surface area (Å²) in [5.74, 6) is 0.153. The Hall–Kier alpha value is -1.35. The van der Waals surface area contributed by atoms with E-state index < -0.39 is 6.04 Å². The molecule has 0 fully saturated rings. The van der Waals surface area contributed by atoms with Crippen molar-refractivity contribution in [2.24, 2.45) is 5.73 Å². The number of rotatable bonds is 3. The van der Waals surface area contributed by atoms with Crippen LogP contribution in [0.15, 0.2) is 18.2 Å². The Morgan fingerprint density at radius 3 is 2.92 bits per heavy atom. The van der Waals surface area contributed by atoms with E-state index in [2.05, 4.69) is 0 Å². The Labute approximate surface area is 77.2 Å². The van der Waals surface area contributed by atoms with Crippen molar-refractivity contribution in [1.82, 2.24) is 0 Å². The maximum atomic E-state index is 10.2. The highest BCUT2D eigenvalue weighted by atomic mass is 16.3. The molecule has 0 aliphatic rings. The maximum Gasteiger partial charge on any atom is 0.121 e. The van der Waals surface area contributed by atoms with Crippen molar-refractivity contribution in [3.05, 3.63) is 29.3 Å². The van der Waals surface area contributed by atoms with Crippen molar-refractivity contribution in [3.63, 3.8) is 0 Å². The molecule has 0 saturated heterocycles. The molecule has 70 valence electrons. The number of carbonyl (C=O) groups is 1. The van der Waals surface area contributed by atoms with Gasteiger partial charge in [-0.3, -0.25) is 0 Å². The van der Waals surface area contributed by atoms with E-state index in [4.69, 9.17) is 5.73 Å². The van der Waals surface area contributed by atoms with Gasteiger partial charge >= 0.3 is 0 Å². The molecule has 0 radical (unpaired) electrons. The van der Waals surface area contributed by atoms with Gasteiger partial charge in [0.05, 0.1) is 0 Å². The van der Waals surface area contributed by atoms with Crippen molar-refractivity contribution >= 4 is 6.29 Å². The molecule has 1 rings (SSSR count). The van der Waals surface area contributed by atoms with Crippen LogP contribution in [0.2, 0.25) is 0 Å². The first-order valence-corrected chi connectivity index (χ1v) is 4.14. The van der Waals surface area contributed by atoms with E-state index in [0.717, 1.165) is 11.8 Å². The molecule has 3 nitrogen and oxygen atoms in total. The van der Waals surface area contributed by atoms with Gasteiger partial charge in [0.1, 0.15) is 12.0 Å². The molecule has 1 unspecified atom stereocenters. The van der Waals surface area contributed by atoms with E-state index in [1.54, 1.807) is 18.2 Å². The van der Waals surface area contributed by atoms with Crippen LogP contribution in [0.5, 0.6) is 5.75 Å². The highest BCUT2D eigenvalue weighted by Crippen LogP contribution is 2.24. The zero-order valence-corrected chi connectivity index (χ0v) is 7.53. The van der Waals surface area contributed by atoms with E-state index >= 15 is 0 Å². The number of aromatic hydroxyl groups is 1. The van der Waals surface area contributed by atoms with Crippen molar-refractivity contribution in [2.45, 2.75) is 19.4 Å². The molecule has 3 heteroatoms. The van der Waals surface area contributed by atoms with Gasteiger partial charge in [-0.25, -0.2) is 0 Å². The smallest absolute Gasteiger partial charge is 0.121 e. The average Bonchev–Trinajstić information content (AvgIpc) is 2.09. The maximum absolute atomic E-state index is 10.2. The van der Waals surface area contributed by atoms with Crippen LogP contribution >= 0.6 is 0 Å². The van der Waals surface area contributed by atoms with Crippen LogP contribution in [0, 0.1) is 6.92 Å². The number of hydrogen-bond donors (Lipinski definition) is 2. The van der Waals surface area contributed by atoms with Gasteiger partial charge in [0.25, 0.3) is 0 Å². The van der Waals surface area contributed by atoms with Crippen molar-refractivity contribution in [2.75, 3.05) is 0 Å². The molecule has 0 heterocycles. The van der Waals surface area contributed by atoms with Gasteiger partial charge in [-0.15, -0.1) is 0 Å². The molecule has 0 aliphatic heterocycles. The fourth-order valence-corrected chi connectivity index (χ4v) is 1.20. The molecular formula is C10H13NO2. The van der Waals surface area contributed by atoms with E-state index in [0.29, 0.717) is 5.56 Å². The summed E-state index contributed by atoms with van der Waals surface area (Å²) in [4.78, 5) is 10.2. The topological polar surface area (TPSA) is 63.3 Å². The number of aryl methyl sites for hydroxylation is 1. The molecule has 0 amide bonds. The van der Waals surface area contributed by atoms with Crippen LogP contribution in [0.25, 0.3) is 0 Å². The Kier molecular flexibility index (Phi) is 3.03. The van der Waals surface area contributed by atoms with E-state index in [1.165, 1.54) is 0 Å². The molecule has 13 heavy (non-hydrogen) atoms. The lowest BCUT2D eigenvalue weighted by molar-refractivity contribution is -0.108. The van der Waals surface area contributed by atoms with Crippen LogP contribution in [-0.4, -0.2) is 11.4 Å². The van der Waals surface area contributed by atoms with Crippen LogP contribution in [0.3, 0.4) is 0 Å². The number of carbonyl (C=O) groups excluding carboxylic acids is 1. The predicted octanol–water partition coefficient (Wildman–Crippen LogP) is 1.29. The Morgan fingerprint density at radius 1 is 1.62 bits per heavy atom. The monoisotopic (exact) mass is 179 g/mol. The molecule has 0 aliphatic carbocycles. The third-order valence-corrected chi connectivity index (χ3v) is 1.93. The summed E-state index contributed by atoms with van der Waals surface area (Å²) in [5, 5.41) is 9.44. The van der Waals surface area contributed by atoms with Gasteiger partial charge in [0, 0.05) is 18.0 Å². The summed E-state index contributed by atoms with van der Waals surface area (Å²) in [5.41, 5.74) is 7.34. The average molecular weight is 179 g/mol. The summed E-state index contributed by atoms with van der Waals surface area (Å²) in [7, 11) is 0. The quantitative estimate of drug-likeness (QED) is 0.687. The second kappa shape index (κ2) is 4.05. The molecular weight excluding hydrogens is 166 g/mol. The highest BCUT2D eigenvalue weighted by Gasteiger charge is 2.09. The fourth-order valence-electron chi connectivity index (χ4n) is 1.20. The molecule has 1 aromatic carbocycles. The predicted molar refractivity (Wildman–Crippen MR) is 50.5 cm³/mol. The zero-order valence-electron chi connectivity index (χ0n) is 7.53. The fraction of sp³-hybridized carbons (Fsp3) is 0.300. The minimum Gasteiger partial charge on any atom is -0.508 e. The number of nitrogens with two attached hydrogens (primary N) is 1. The number of aldehydes is 1. The van der Waals surface area contributed by atoms with Gasteiger partial charge in [0.15, 0.2) is 0 Å². The van der Waals surface area contributed by atoms with Gasteiger partial charge in [0.2, 0.25) is 0 Å². The SMILES string of the molecule is Cc1ccc(O)c(C(N)CC=O)c1. The second-order valence-electron chi connectivity index (χ2n) is 3.07. The lowest BCUT2D eigenvalue weighted by Crippen LogP contribution is -2.10. The summed E-state index contributed by atoms with van der Waals surface area (Å²) in [6, 6.07) is 4.78. The standard InChI is InChI=1S/C10H13NO2/c1-7-2-3-10(13)8(6-7)9(11)4-5-12/h2-3,5-6,9,13H,4,11H2,1H3. The molecule has 3 N–H and O–H groups in total. The number of benzene rings is 1.